The Hall–Kier alpha value is -2.56. The van der Waals surface area contributed by atoms with Gasteiger partial charge in [-0.25, -0.2) is 0 Å². The summed E-state index contributed by atoms with van der Waals surface area (Å²) in [5.41, 5.74) is 1.52. The van der Waals surface area contributed by atoms with Crippen molar-refractivity contribution in [1.29, 1.82) is 0 Å². The minimum atomic E-state index is -0.137. The van der Waals surface area contributed by atoms with E-state index in [1.54, 1.807) is 38.7 Å². The fourth-order valence-electron chi connectivity index (χ4n) is 1.78. The highest BCUT2D eigenvalue weighted by Gasteiger charge is 2.07. The van der Waals surface area contributed by atoms with Crippen LogP contribution in [0.3, 0.4) is 0 Å². The molecule has 1 N–H and O–H groups in total. The highest BCUT2D eigenvalue weighted by molar-refractivity contribution is 5.93. The Balaban J connectivity index is 2.02. The molecule has 0 aliphatic carbocycles. The Kier molecular flexibility index (Phi) is 4.55. The molecule has 1 aromatic heterocycles. The van der Waals surface area contributed by atoms with Crippen LogP contribution < -0.4 is 14.8 Å². The first-order valence-electron chi connectivity index (χ1n) is 6.13. The first-order valence-corrected chi connectivity index (χ1v) is 6.13. The van der Waals surface area contributed by atoms with Crippen molar-refractivity contribution in [3.05, 3.63) is 53.9 Å². The van der Waals surface area contributed by atoms with Crippen LogP contribution >= 0.6 is 0 Å². The number of aromatic nitrogens is 1. The summed E-state index contributed by atoms with van der Waals surface area (Å²) in [5.74, 6) is 1.17. The molecule has 2 aromatic rings. The lowest BCUT2D eigenvalue weighted by molar-refractivity contribution is 0.0950. The van der Waals surface area contributed by atoms with E-state index in [0.717, 1.165) is 5.56 Å². The highest BCUT2D eigenvalue weighted by atomic mass is 16.5. The Bertz CT molecular complexity index is 585. The molecule has 104 valence electrons. The van der Waals surface area contributed by atoms with E-state index >= 15 is 0 Å². The number of methoxy groups -OCH3 is 2. The lowest BCUT2D eigenvalue weighted by atomic mass is 10.2. The zero-order valence-corrected chi connectivity index (χ0v) is 11.4. The lowest BCUT2D eigenvalue weighted by Gasteiger charge is -2.10. The van der Waals surface area contributed by atoms with Gasteiger partial charge >= 0.3 is 0 Å². The van der Waals surface area contributed by atoms with Crippen LogP contribution in [0.4, 0.5) is 0 Å². The number of benzene rings is 1. The van der Waals surface area contributed by atoms with Gasteiger partial charge in [0.15, 0.2) is 11.5 Å². The summed E-state index contributed by atoms with van der Waals surface area (Å²) in [6.45, 7) is 0.418. The van der Waals surface area contributed by atoms with Crippen molar-refractivity contribution in [2.75, 3.05) is 14.2 Å². The molecule has 0 spiro atoms. The molecule has 0 bridgehead atoms. The van der Waals surface area contributed by atoms with Gasteiger partial charge in [-0.05, 0) is 29.8 Å². The molecular weight excluding hydrogens is 256 g/mol. The minimum absolute atomic E-state index is 0.137. The molecule has 0 saturated carbocycles. The topological polar surface area (TPSA) is 60.5 Å². The Labute approximate surface area is 117 Å². The molecule has 0 aliphatic heterocycles. The molecule has 0 aliphatic rings. The van der Waals surface area contributed by atoms with E-state index < -0.39 is 0 Å². The lowest BCUT2D eigenvalue weighted by Crippen LogP contribution is -2.22. The van der Waals surface area contributed by atoms with Crippen LogP contribution in [-0.2, 0) is 6.54 Å². The van der Waals surface area contributed by atoms with E-state index in [1.165, 1.54) is 0 Å². The van der Waals surface area contributed by atoms with Gasteiger partial charge in [0.1, 0.15) is 0 Å². The number of nitrogens with zero attached hydrogens (tertiary/aromatic N) is 1. The molecule has 1 heterocycles. The van der Waals surface area contributed by atoms with Gasteiger partial charge in [-0.1, -0.05) is 6.07 Å². The standard InChI is InChI=1S/C15H16N2O3/c1-19-13-4-3-11(9-14(13)20-2)10-17-15(18)12-5-7-16-8-6-12/h3-9H,10H2,1-2H3,(H,17,18). The molecule has 0 saturated heterocycles. The molecular formula is C15H16N2O3. The molecule has 1 aromatic carbocycles. The predicted octanol–water partition coefficient (Wildman–Crippen LogP) is 2.03. The number of carbonyl (C=O) groups excluding carboxylic acids is 1. The number of pyridine rings is 1. The first kappa shape index (κ1) is 13.9. The van der Waals surface area contributed by atoms with Crippen LogP contribution in [0.2, 0.25) is 0 Å². The maximum Gasteiger partial charge on any atom is 0.251 e. The molecule has 2 rings (SSSR count). The summed E-state index contributed by atoms with van der Waals surface area (Å²) >= 11 is 0. The second kappa shape index (κ2) is 6.56. The van der Waals surface area contributed by atoms with Crippen molar-refractivity contribution in [3.63, 3.8) is 0 Å². The second-order valence-electron chi connectivity index (χ2n) is 4.11. The summed E-state index contributed by atoms with van der Waals surface area (Å²) in [7, 11) is 3.17. The van der Waals surface area contributed by atoms with E-state index in [-0.39, 0.29) is 5.91 Å². The van der Waals surface area contributed by atoms with Gasteiger partial charge in [-0.3, -0.25) is 9.78 Å². The summed E-state index contributed by atoms with van der Waals surface area (Å²) in [4.78, 5) is 15.8. The van der Waals surface area contributed by atoms with Crippen molar-refractivity contribution in [1.82, 2.24) is 10.3 Å². The molecule has 0 fully saturated rings. The van der Waals surface area contributed by atoms with E-state index in [1.807, 2.05) is 18.2 Å². The number of carbonyl (C=O) groups is 1. The second-order valence-corrected chi connectivity index (χ2v) is 4.11. The SMILES string of the molecule is COc1ccc(CNC(=O)c2ccncc2)cc1OC. The Morgan fingerprint density at radius 1 is 1.10 bits per heavy atom. The molecule has 5 nitrogen and oxygen atoms in total. The molecule has 0 unspecified atom stereocenters. The van der Waals surface area contributed by atoms with E-state index in [4.69, 9.17) is 9.47 Å². The van der Waals surface area contributed by atoms with Gasteiger partial charge in [0.05, 0.1) is 14.2 Å². The van der Waals surface area contributed by atoms with Gasteiger partial charge < -0.3 is 14.8 Å². The number of rotatable bonds is 5. The summed E-state index contributed by atoms with van der Waals surface area (Å²) in [6.07, 6.45) is 3.18. The largest absolute Gasteiger partial charge is 0.493 e. The molecule has 0 atom stereocenters. The van der Waals surface area contributed by atoms with Crippen molar-refractivity contribution >= 4 is 5.91 Å². The van der Waals surface area contributed by atoms with Gasteiger partial charge in [0, 0.05) is 24.5 Å². The highest BCUT2D eigenvalue weighted by Crippen LogP contribution is 2.27. The fourth-order valence-corrected chi connectivity index (χ4v) is 1.78. The summed E-state index contributed by atoms with van der Waals surface area (Å²) < 4.78 is 10.4. The van der Waals surface area contributed by atoms with Crippen LogP contribution in [0, 0.1) is 0 Å². The monoisotopic (exact) mass is 272 g/mol. The van der Waals surface area contributed by atoms with Crippen LogP contribution in [0.1, 0.15) is 15.9 Å². The number of nitrogens with one attached hydrogen (secondary N) is 1. The first-order chi connectivity index (χ1) is 9.74. The van der Waals surface area contributed by atoms with Crippen LogP contribution in [0.25, 0.3) is 0 Å². The minimum Gasteiger partial charge on any atom is -0.493 e. The van der Waals surface area contributed by atoms with Crippen LogP contribution in [0.5, 0.6) is 11.5 Å². The molecule has 20 heavy (non-hydrogen) atoms. The third-order valence-corrected chi connectivity index (χ3v) is 2.84. The Morgan fingerprint density at radius 3 is 2.45 bits per heavy atom. The average molecular weight is 272 g/mol. The van der Waals surface area contributed by atoms with Gasteiger partial charge in [0.25, 0.3) is 5.91 Å². The number of hydrogen-bond acceptors (Lipinski definition) is 4. The van der Waals surface area contributed by atoms with Gasteiger partial charge in [0.2, 0.25) is 0 Å². The normalized spacial score (nSPS) is 9.90. The molecule has 0 radical (unpaired) electrons. The average Bonchev–Trinajstić information content (AvgIpc) is 2.53. The van der Waals surface area contributed by atoms with Crippen LogP contribution in [0.15, 0.2) is 42.7 Å². The third kappa shape index (κ3) is 3.26. The number of amides is 1. The smallest absolute Gasteiger partial charge is 0.251 e. The van der Waals surface area contributed by atoms with Crippen molar-refractivity contribution in [2.24, 2.45) is 0 Å². The van der Waals surface area contributed by atoms with Gasteiger partial charge in [-0.2, -0.15) is 0 Å². The van der Waals surface area contributed by atoms with Crippen LogP contribution in [-0.4, -0.2) is 25.1 Å². The number of hydrogen-bond donors (Lipinski definition) is 1. The van der Waals surface area contributed by atoms with Crippen molar-refractivity contribution in [2.45, 2.75) is 6.54 Å². The zero-order chi connectivity index (χ0) is 14.4. The summed E-state index contributed by atoms with van der Waals surface area (Å²) in [5, 5.41) is 2.84. The van der Waals surface area contributed by atoms with Gasteiger partial charge in [-0.15, -0.1) is 0 Å². The maximum absolute atomic E-state index is 11.9. The van der Waals surface area contributed by atoms with E-state index in [9.17, 15) is 4.79 Å². The predicted molar refractivity (Wildman–Crippen MR) is 75.0 cm³/mol. The Morgan fingerprint density at radius 2 is 1.80 bits per heavy atom. The quantitative estimate of drug-likeness (QED) is 0.904. The fraction of sp³-hybridized carbons (Fsp3) is 0.200. The third-order valence-electron chi connectivity index (χ3n) is 2.84. The summed E-state index contributed by atoms with van der Waals surface area (Å²) in [6, 6.07) is 8.88. The van der Waals surface area contributed by atoms with Crippen molar-refractivity contribution in [3.8, 4) is 11.5 Å². The van der Waals surface area contributed by atoms with E-state index in [0.29, 0.717) is 23.6 Å². The number of ether oxygens (including phenoxy) is 2. The maximum atomic E-state index is 11.9. The van der Waals surface area contributed by atoms with Crippen molar-refractivity contribution < 1.29 is 14.3 Å². The zero-order valence-electron chi connectivity index (χ0n) is 11.4. The van der Waals surface area contributed by atoms with E-state index in [2.05, 4.69) is 10.3 Å². The molecule has 5 heteroatoms. The molecule has 1 amide bonds.